The summed E-state index contributed by atoms with van der Waals surface area (Å²) < 4.78 is 0. The van der Waals surface area contributed by atoms with E-state index in [4.69, 9.17) is 5.11 Å². The Morgan fingerprint density at radius 3 is 3.06 bits per heavy atom. The molecule has 0 saturated heterocycles. The van der Waals surface area contributed by atoms with E-state index in [1.807, 2.05) is 5.38 Å². The second kappa shape index (κ2) is 4.67. The van der Waals surface area contributed by atoms with E-state index in [2.05, 4.69) is 20.3 Å². The van der Waals surface area contributed by atoms with Crippen molar-refractivity contribution in [2.45, 2.75) is 6.54 Å². The Hall–Kier alpha value is -2.02. The van der Waals surface area contributed by atoms with Crippen molar-refractivity contribution in [1.29, 1.82) is 0 Å². The Bertz CT molecular complexity index is 486. The van der Waals surface area contributed by atoms with Crippen LogP contribution in [-0.4, -0.2) is 26.0 Å². The van der Waals surface area contributed by atoms with Gasteiger partial charge >= 0.3 is 5.97 Å². The van der Waals surface area contributed by atoms with Crippen LogP contribution < -0.4 is 5.32 Å². The Balaban J connectivity index is 2.04. The minimum atomic E-state index is -1.07. The zero-order valence-electron chi connectivity index (χ0n) is 8.12. The van der Waals surface area contributed by atoms with Crippen LogP contribution in [0, 0.1) is 0 Å². The maximum atomic E-state index is 10.7. The maximum absolute atomic E-state index is 10.7. The number of anilines is 1. The third-order valence-corrected chi connectivity index (χ3v) is 2.42. The molecule has 2 N–H and O–H groups in total. The summed E-state index contributed by atoms with van der Waals surface area (Å²) in [5.41, 5.74) is 2.57. The van der Waals surface area contributed by atoms with Gasteiger partial charge in [0.2, 0.25) is 5.95 Å². The lowest BCUT2D eigenvalue weighted by molar-refractivity contribution is 0.0690. The summed E-state index contributed by atoms with van der Waals surface area (Å²) in [4.78, 5) is 22.5. The quantitative estimate of drug-likeness (QED) is 0.830. The number of rotatable bonds is 4. The first-order valence-electron chi connectivity index (χ1n) is 4.43. The van der Waals surface area contributed by atoms with E-state index < -0.39 is 5.97 Å². The largest absolute Gasteiger partial charge is 0.477 e. The van der Waals surface area contributed by atoms with E-state index in [1.165, 1.54) is 23.6 Å². The number of hydrogen-bond acceptors (Lipinski definition) is 6. The second-order valence-electron chi connectivity index (χ2n) is 2.90. The number of aromatic nitrogens is 3. The molecule has 0 aromatic carbocycles. The standard InChI is InChI=1S/C9H8N4O2S/c14-8(15)7-1-2-10-9(13-7)11-3-6-4-16-5-12-6/h1-2,4-5H,3H2,(H,14,15)(H,10,11,13). The molecule has 0 spiro atoms. The first-order chi connectivity index (χ1) is 7.75. The van der Waals surface area contributed by atoms with Crippen LogP contribution in [0.1, 0.15) is 16.2 Å². The van der Waals surface area contributed by atoms with Gasteiger partial charge in [0, 0.05) is 11.6 Å². The van der Waals surface area contributed by atoms with Gasteiger partial charge in [-0.1, -0.05) is 0 Å². The SMILES string of the molecule is O=C(O)c1ccnc(NCc2cscn2)n1. The summed E-state index contributed by atoms with van der Waals surface area (Å²) in [5, 5.41) is 13.5. The summed E-state index contributed by atoms with van der Waals surface area (Å²) in [7, 11) is 0. The molecular weight excluding hydrogens is 228 g/mol. The molecule has 0 bridgehead atoms. The van der Waals surface area contributed by atoms with Gasteiger partial charge in [0.1, 0.15) is 0 Å². The topological polar surface area (TPSA) is 88.0 Å². The average molecular weight is 236 g/mol. The number of thiazole rings is 1. The van der Waals surface area contributed by atoms with Crippen molar-refractivity contribution in [2.24, 2.45) is 0 Å². The molecule has 0 fully saturated rings. The van der Waals surface area contributed by atoms with Gasteiger partial charge in [-0.05, 0) is 6.07 Å². The molecule has 7 heteroatoms. The minimum absolute atomic E-state index is 0.0317. The van der Waals surface area contributed by atoms with Crippen molar-refractivity contribution in [1.82, 2.24) is 15.0 Å². The number of nitrogens with one attached hydrogen (secondary N) is 1. The number of hydrogen-bond donors (Lipinski definition) is 2. The van der Waals surface area contributed by atoms with Crippen LogP contribution >= 0.6 is 11.3 Å². The van der Waals surface area contributed by atoms with Gasteiger partial charge in [-0.25, -0.2) is 19.7 Å². The molecule has 0 aliphatic rings. The molecule has 6 nitrogen and oxygen atoms in total. The van der Waals surface area contributed by atoms with Crippen molar-refractivity contribution in [3.8, 4) is 0 Å². The fraction of sp³-hybridized carbons (Fsp3) is 0.111. The number of nitrogens with zero attached hydrogens (tertiary/aromatic N) is 3. The zero-order chi connectivity index (χ0) is 11.4. The van der Waals surface area contributed by atoms with E-state index in [1.54, 1.807) is 5.51 Å². The highest BCUT2D eigenvalue weighted by atomic mass is 32.1. The molecular formula is C9H8N4O2S. The molecule has 2 rings (SSSR count). The maximum Gasteiger partial charge on any atom is 0.354 e. The van der Waals surface area contributed by atoms with Crippen LogP contribution in [0.15, 0.2) is 23.2 Å². The lowest BCUT2D eigenvalue weighted by atomic mass is 10.4. The molecule has 82 valence electrons. The van der Waals surface area contributed by atoms with Crippen LogP contribution in [0.2, 0.25) is 0 Å². The van der Waals surface area contributed by atoms with Crippen LogP contribution in [-0.2, 0) is 6.54 Å². The van der Waals surface area contributed by atoms with E-state index in [0.29, 0.717) is 6.54 Å². The summed E-state index contributed by atoms with van der Waals surface area (Å²) in [6.07, 6.45) is 1.40. The number of carboxylic acids is 1. The van der Waals surface area contributed by atoms with Gasteiger partial charge in [-0.3, -0.25) is 0 Å². The molecule has 0 saturated carbocycles. The molecule has 0 aliphatic heterocycles. The van der Waals surface area contributed by atoms with Crippen molar-refractivity contribution in [2.75, 3.05) is 5.32 Å². The first-order valence-corrected chi connectivity index (χ1v) is 5.37. The molecule has 0 atom stereocenters. The van der Waals surface area contributed by atoms with E-state index >= 15 is 0 Å². The molecule has 0 aliphatic carbocycles. The van der Waals surface area contributed by atoms with Gasteiger partial charge in [0.25, 0.3) is 0 Å². The average Bonchev–Trinajstić information content (AvgIpc) is 2.79. The zero-order valence-corrected chi connectivity index (χ0v) is 8.94. The van der Waals surface area contributed by atoms with Crippen molar-refractivity contribution in [3.05, 3.63) is 34.5 Å². The van der Waals surface area contributed by atoms with Crippen molar-refractivity contribution < 1.29 is 9.90 Å². The molecule has 2 aromatic heterocycles. The summed E-state index contributed by atoms with van der Waals surface area (Å²) in [6, 6.07) is 1.34. The second-order valence-corrected chi connectivity index (χ2v) is 3.62. The van der Waals surface area contributed by atoms with E-state index in [9.17, 15) is 4.79 Å². The molecule has 16 heavy (non-hydrogen) atoms. The smallest absolute Gasteiger partial charge is 0.354 e. The van der Waals surface area contributed by atoms with Crippen LogP contribution in [0.25, 0.3) is 0 Å². The fourth-order valence-corrected chi connectivity index (χ4v) is 1.62. The van der Waals surface area contributed by atoms with Gasteiger partial charge in [-0.15, -0.1) is 11.3 Å². The van der Waals surface area contributed by atoms with Gasteiger partial charge < -0.3 is 10.4 Å². The highest BCUT2D eigenvalue weighted by molar-refractivity contribution is 7.07. The number of aromatic carboxylic acids is 1. The van der Waals surface area contributed by atoms with Crippen LogP contribution in [0.3, 0.4) is 0 Å². The fourth-order valence-electron chi connectivity index (χ4n) is 1.06. The van der Waals surface area contributed by atoms with Crippen molar-refractivity contribution >= 4 is 23.3 Å². The lowest BCUT2D eigenvalue weighted by Crippen LogP contribution is -2.07. The molecule has 2 aromatic rings. The molecule has 0 amide bonds. The predicted molar refractivity (Wildman–Crippen MR) is 58.4 cm³/mol. The number of carboxylic acid groups (broad SMARTS) is 1. The van der Waals surface area contributed by atoms with Crippen LogP contribution in [0.5, 0.6) is 0 Å². The molecule has 0 unspecified atom stereocenters. The van der Waals surface area contributed by atoms with Gasteiger partial charge in [0.05, 0.1) is 17.7 Å². The van der Waals surface area contributed by atoms with Gasteiger partial charge in [-0.2, -0.15) is 0 Å². The Morgan fingerprint density at radius 2 is 2.38 bits per heavy atom. The highest BCUT2D eigenvalue weighted by Crippen LogP contribution is 2.05. The third-order valence-electron chi connectivity index (χ3n) is 1.79. The third kappa shape index (κ3) is 2.51. The Labute approximate surface area is 95.0 Å². The summed E-state index contributed by atoms with van der Waals surface area (Å²) in [6.45, 7) is 0.479. The Morgan fingerprint density at radius 1 is 1.50 bits per heavy atom. The molecule has 0 radical (unpaired) electrons. The minimum Gasteiger partial charge on any atom is -0.477 e. The predicted octanol–water partition coefficient (Wildman–Crippen LogP) is 1.24. The van der Waals surface area contributed by atoms with Crippen molar-refractivity contribution in [3.63, 3.8) is 0 Å². The van der Waals surface area contributed by atoms with Crippen LogP contribution in [0.4, 0.5) is 5.95 Å². The molecule has 2 heterocycles. The Kier molecular flexibility index (Phi) is 3.06. The highest BCUT2D eigenvalue weighted by Gasteiger charge is 2.05. The lowest BCUT2D eigenvalue weighted by Gasteiger charge is -2.02. The monoisotopic (exact) mass is 236 g/mol. The van der Waals surface area contributed by atoms with E-state index in [0.717, 1.165) is 5.69 Å². The van der Waals surface area contributed by atoms with E-state index in [-0.39, 0.29) is 11.6 Å². The first kappa shape index (κ1) is 10.5. The summed E-state index contributed by atoms with van der Waals surface area (Å²) in [5.74, 6) is -0.785. The van der Waals surface area contributed by atoms with Gasteiger partial charge in [0.15, 0.2) is 5.69 Å². The summed E-state index contributed by atoms with van der Waals surface area (Å²) >= 11 is 1.50. The normalized spacial score (nSPS) is 10.0. The number of carbonyl (C=O) groups is 1.